The summed E-state index contributed by atoms with van der Waals surface area (Å²) in [6.45, 7) is 0. The van der Waals surface area contributed by atoms with Crippen LogP contribution in [0.25, 0.3) is 22.4 Å². The summed E-state index contributed by atoms with van der Waals surface area (Å²) in [5.74, 6) is -0.133. The molecule has 4 aromatic rings. The molecule has 5 nitrogen and oxygen atoms in total. The van der Waals surface area contributed by atoms with Crippen LogP contribution in [0, 0.1) is 0 Å². The SMILES string of the molecule is O=c1c2c(C(F)(F)F)nccc2nc(-c2cscn2)n1C(F)Cc1ccccc1. The van der Waals surface area contributed by atoms with E-state index in [2.05, 4.69) is 15.0 Å². The summed E-state index contributed by atoms with van der Waals surface area (Å²) in [4.78, 5) is 24.6. The minimum absolute atomic E-state index is 0.133. The molecule has 3 aromatic heterocycles. The first-order chi connectivity index (χ1) is 13.9. The maximum absolute atomic E-state index is 15.3. The molecule has 0 saturated carbocycles. The number of alkyl halides is 4. The lowest BCUT2D eigenvalue weighted by Crippen LogP contribution is -2.29. The van der Waals surface area contributed by atoms with E-state index < -0.39 is 29.1 Å². The number of pyridine rings is 1. The van der Waals surface area contributed by atoms with Gasteiger partial charge in [-0.25, -0.2) is 14.4 Å². The third kappa shape index (κ3) is 3.63. The van der Waals surface area contributed by atoms with Gasteiger partial charge in [0, 0.05) is 18.0 Å². The fourth-order valence-corrected chi connectivity index (χ4v) is 3.55. The number of hydrogen-bond acceptors (Lipinski definition) is 5. The summed E-state index contributed by atoms with van der Waals surface area (Å²) in [6.07, 6.45) is -6.12. The van der Waals surface area contributed by atoms with Gasteiger partial charge < -0.3 is 0 Å². The van der Waals surface area contributed by atoms with Crippen LogP contribution in [0.5, 0.6) is 0 Å². The number of rotatable bonds is 4. The molecular weight excluding hydrogens is 408 g/mol. The zero-order valence-electron chi connectivity index (χ0n) is 14.6. The summed E-state index contributed by atoms with van der Waals surface area (Å²) in [7, 11) is 0. The van der Waals surface area contributed by atoms with Crippen LogP contribution in [-0.2, 0) is 12.6 Å². The molecule has 0 saturated heterocycles. The number of halogens is 4. The summed E-state index contributed by atoms with van der Waals surface area (Å²) in [5, 5.41) is 0.778. The first-order valence-electron chi connectivity index (χ1n) is 8.41. The maximum Gasteiger partial charge on any atom is 0.434 e. The van der Waals surface area contributed by atoms with E-state index in [1.54, 1.807) is 35.7 Å². The monoisotopic (exact) mass is 420 g/mol. The summed E-state index contributed by atoms with van der Waals surface area (Å²) < 4.78 is 56.1. The molecule has 3 heterocycles. The zero-order chi connectivity index (χ0) is 20.6. The highest BCUT2D eigenvalue weighted by Gasteiger charge is 2.37. The molecule has 0 N–H and O–H groups in total. The van der Waals surface area contributed by atoms with Crippen molar-refractivity contribution in [2.45, 2.75) is 18.9 Å². The first kappa shape index (κ1) is 19.2. The van der Waals surface area contributed by atoms with E-state index in [-0.39, 0.29) is 23.5 Å². The minimum Gasteiger partial charge on any atom is -0.268 e. The Morgan fingerprint density at radius 2 is 1.86 bits per heavy atom. The van der Waals surface area contributed by atoms with Crippen LogP contribution >= 0.6 is 11.3 Å². The topological polar surface area (TPSA) is 60.7 Å². The predicted molar refractivity (Wildman–Crippen MR) is 100 cm³/mol. The molecule has 1 aromatic carbocycles. The van der Waals surface area contributed by atoms with Crippen molar-refractivity contribution in [2.24, 2.45) is 0 Å². The Balaban J connectivity index is 1.98. The van der Waals surface area contributed by atoms with Crippen LogP contribution in [0.3, 0.4) is 0 Å². The van der Waals surface area contributed by atoms with Crippen molar-refractivity contribution in [3.05, 3.63) is 75.1 Å². The van der Waals surface area contributed by atoms with Crippen molar-refractivity contribution in [1.29, 1.82) is 0 Å². The summed E-state index contributed by atoms with van der Waals surface area (Å²) in [5.41, 5.74) is -0.509. The van der Waals surface area contributed by atoms with Gasteiger partial charge in [-0.05, 0) is 11.6 Å². The van der Waals surface area contributed by atoms with Crippen molar-refractivity contribution in [1.82, 2.24) is 19.5 Å². The molecular formula is C19H12F4N4OS. The largest absolute Gasteiger partial charge is 0.434 e. The molecule has 0 radical (unpaired) electrons. The molecule has 0 aliphatic carbocycles. The number of thiazole rings is 1. The normalized spacial score (nSPS) is 13.0. The number of hydrogen-bond donors (Lipinski definition) is 0. The minimum atomic E-state index is -4.88. The lowest BCUT2D eigenvalue weighted by atomic mass is 10.1. The van der Waals surface area contributed by atoms with Gasteiger partial charge in [0.2, 0.25) is 0 Å². The number of nitrogens with zero attached hydrogens (tertiary/aromatic N) is 4. The van der Waals surface area contributed by atoms with Crippen molar-refractivity contribution < 1.29 is 17.6 Å². The average Bonchev–Trinajstić information content (AvgIpc) is 3.22. The van der Waals surface area contributed by atoms with Gasteiger partial charge in [0.15, 0.2) is 17.8 Å². The highest BCUT2D eigenvalue weighted by Crippen LogP contribution is 2.32. The quantitative estimate of drug-likeness (QED) is 0.451. The number of fused-ring (bicyclic) bond motifs is 1. The lowest BCUT2D eigenvalue weighted by molar-refractivity contribution is -0.139. The van der Waals surface area contributed by atoms with Crippen LogP contribution in [0.2, 0.25) is 0 Å². The van der Waals surface area contributed by atoms with E-state index in [1.165, 1.54) is 22.9 Å². The van der Waals surface area contributed by atoms with E-state index in [0.29, 0.717) is 10.1 Å². The molecule has 0 fully saturated rings. The Labute approximate surface area is 165 Å². The number of aromatic nitrogens is 4. The molecule has 148 valence electrons. The Kier molecular flexibility index (Phi) is 4.87. The third-order valence-corrected chi connectivity index (χ3v) is 4.86. The molecule has 0 aliphatic heterocycles. The molecule has 10 heteroatoms. The van der Waals surface area contributed by atoms with Crippen LogP contribution in [0.15, 0.2) is 58.3 Å². The molecule has 0 amide bonds. The first-order valence-corrected chi connectivity index (χ1v) is 9.35. The van der Waals surface area contributed by atoms with Crippen LogP contribution in [-0.4, -0.2) is 19.5 Å². The fraction of sp³-hybridized carbons (Fsp3) is 0.158. The molecule has 1 unspecified atom stereocenters. The van der Waals surface area contributed by atoms with Crippen LogP contribution in [0.4, 0.5) is 17.6 Å². The second kappa shape index (κ2) is 7.36. The molecule has 0 aliphatic rings. The van der Waals surface area contributed by atoms with Crippen molar-refractivity contribution >= 4 is 22.2 Å². The van der Waals surface area contributed by atoms with Gasteiger partial charge in [-0.1, -0.05) is 30.3 Å². The second-order valence-electron chi connectivity index (χ2n) is 6.16. The van der Waals surface area contributed by atoms with Crippen molar-refractivity contribution in [2.75, 3.05) is 0 Å². The van der Waals surface area contributed by atoms with Crippen molar-refractivity contribution in [3.63, 3.8) is 0 Å². The van der Waals surface area contributed by atoms with Gasteiger partial charge in [0.05, 0.1) is 16.4 Å². The Hall–Kier alpha value is -3.14. The Morgan fingerprint density at radius 3 is 2.52 bits per heavy atom. The zero-order valence-corrected chi connectivity index (χ0v) is 15.4. The van der Waals surface area contributed by atoms with Crippen LogP contribution < -0.4 is 5.56 Å². The van der Waals surface area contributed by atoms with Gasteiger partial charge in [0.25, 0.3) is 5.56 Å². The Morgan fingerprint density at radius 1 is 1.10 bits per heavy atom. The smallest absolute Gasteiger partial charge is 0.268 e. The van der Waals surface area contributed by atoms with Crippen LogP contribution in [0.1, 0.15) is 17.6 Å². The Bertz CT molecular complexity index is 1210. The van der Waals surface area contributed by atoms with Gasteiger partial charge in [-0.15, -0.1) is 11.3 Å². The molecule has 29 heavy (non-hydrogen) atoms. The highest BCUT2D eigenvalue weighted by atomic mass is 32.1. The van der Waals surface area contributed by atoms with E-state index in [4.69, 9.17) is 0 Å². The highest BCUT2D eigenvalue weighted by molar-refractivity contribution is 7.07. The molecule has 4 rings (SSSR count). The molecule has 0 bridgehead atoms. The number of benzene rings is 1. The van der Waals surface area contributed by atoms with Gasteiger partial charge >= 0.3 is 6.18 Å². The molecule has 0 spiro atoms. The van der Waals surface area contributed by atoms with Gasteiger partial charge in [-0.2, -0.15) is 13.2 Å². The van der Waals surface area contributed by atoms with Gasteiger partial charge in [0.1, 0.15) is 5.69 Å². The second-order valence-corrected chi connectivity index (χ2v) is 6.88. The van der Waals surface area contributed by atoms with E-state index >= 15 is 4.39 Å². The predicted octanol–water partition coefficient (Wildman–Crippen LogP) is 4.64. The van der Waals surface area contributed by atoms with Gasteiger partial charge in [-0.3, -0.25) is 14.3 Å². The van der Waals surface area contributed by atoms with E-state index in [9.17, 15) is 18.0 Å². The summed E-state index contributed by atoms with van der Waals surface area (Å²) >= 11 is 1.20. The maximum atomic E-state index is 15.3. The van der Waals surface area contributed by atoms with Crippen molar-refractivity contribution in [3.8, 4) is 11.5 Å². The van der Waals surface area contributed by atoms with E-state index in [1.807, 2.05) is 0 Å². The summed E-state index contributed by atoms with van der Waals surface area (Å²) in [6, 6.07) is 9.68. The third-order valence-electron chi connectivity index (χ3n) is 4.27. The fourth-order valence-electron chi connectivity index (χ4n) is 3.02. The average molecular weight is 420 g/mol. The lowest BCUT2D eigenvalue weighted by Gasteiger charge is -2.18. The standard InChI is InChI=1S/C19H12F4N4OS/c20-14(8-11-4-2-1-3-5-11)27-17(13-9-29-10-25-13)26-12-6-7-24-16(19(21,22)23)15(12)18(27)28/h1-7,9-10,14H,8H2. The molecule has 1 atom stereocenters. The van der Waals surface area contributed by atoms with E-state index in [0.717, 1.165) is 6.20 Å².